The molecule has 2 N–H and O–H groups in total. The maximum atomic E-state index is 12.6. The quantitative estimate of drug-likeness (QED) is 0.599. The molecule has 2 bridgehead atoms. The van der Waals surface area contributed by atoms with E-state index in [9.17, 15) is 4.79 Å². The van der Waals surface area contributed by atoms with Gasteiger partial charge in [-0.3, -0.25) is 9.98 Å². The van der Waals surface area contributed by atoms with Crippen molar-refractivity contribution in [1.82, 2.24) is 20.5 Å². The minimum absolute atomic E-state index is 0.168. The number of hydrogen-bond acceptors (Lipinski definition) is 4. The van der Waals surface area contributed by atoms with Crippen LogP contribution in [-0.2, 0) is 11.2 Å². The fourth-order valence-electron chi connectivity index (χ4n) is 4.39. The molecule has 0 radical (unpaired) electrons. The fraction of sp³-hybridized carbons (Fsp3) is 0.682. The lowest BCUT2D eigenvalue weighted by Crippen LogP contribution is -2.55. The van der Waals surface area contributed by atoms with Crippen molar-refractivity contribution in [1.29, 1.82) is 0 Å². The Hall–Kier alpha value is -2.31. The van der Waals surface area contributed by atoms with Crippen molar-refractivity contribution in [2.24, 2.45) is 4.99 Å². The van der Waals surface area contributed by atoms with Crippen molar-refractivity contribution >= 4 is 12.1 Å². The molecule has 2 aliphatic heterocycles. The van der Waals surface area contributed by atoms with Gasteiger partial charge in [-0.15, -0.1) is 0 Å². The van der Waals surface area contributed by atoms with E-state index in [-0.39, 0.29) is 18.2 Å². The van der Waals surface area contributed by atoms with Crippen LogP contribution in [0.15, 0.2) is 23.5 Å². The van der Waals surface area contributed by atoms with E-state index in [2.05, 4.69) is 33.6 Å². The molecule has 1 amide bonds. The van der Waals surface area contributed by atoms with E-state index >= 15 is 0 Å². The smallest absolute Gasteiger partial charge is 0.410 e. The van der Waals surface area contributed by atoms with Crippen molar-refractivity contribution in [3.05, 3.63) is 29.6 Å². The number of hydrogen-bond donors (Lipinski definition) is 2. The molecule has 29 heavy (non-hydrogen) atoms. The van der Waals surface area contributed by atoms with E-state index < -0.39 is 5.60 Å². The standard InChI is InChI=1S/C22H35N5O2/c1-15-14-24-10-8-16(15)9-11-25-20(23-5)26-17-12-18-6-7-19(13-17)27(18)21(28)29-22(2,3)4/h8,10,14,17-19H,6-7,9,11-13H2,1-5H3,(H2,23,25,26). The van der Waals surface area contributed by atoms with Gasteiger partial charge in [0.2, 0.25) is 0 Å². The van der Waals surface area contributed by atoms with Crippen LogP contribution < -0.4 is 10.6 Å². The number of ether oxygens (including phenoxy) is 1. The highest BCUT2D eigenvalue weighted by atomic mass is 16.6. The van der Waals surface area contributed by atoms with Gasteiger partial charge in [0.15, 0.2) is 5.96 Å². The van der Waals surface area contributed by atoms with Crippen LogP contribution in [0.1, 0.15) is 57.6 Å². The molecule has 3 heterocycles. The topological polar surface area (TPSA) is 78.9 Å². The van der Waals surface area contributed by atoms with E-state index in [0.717, 1.165) is 44.6 Å². The third kappa shape index (κ3) is 5.61. The van der Waals surface area contributed by atoms with Crippen LogP contribution in [-0.4, -0.2) is 59.3 Å². The largest absolute Gasteiger partial charge is 0.444 e. The van der Waals surface area contributed by atoms with E-state index in [1.165, 1.54) is 11.1 Å². The van der Waals surface area contributed by atoms with Crippen LogP contribution in [0, 0.1) is 6.92 Å². The van der Waals surface area contributed by atoms with Gasteiger partial charge in [0.25, 0.3) is 0 Å². The minimum atomic E-state index is -0.454. The SMILES string of the molecule is CN=C(NCCc1ccncc1C)NC1CC2CCC(C1)N2C(=O)OC(C)(C)C. The Morgan fingerprint density at radius 2 is 2.00 bits per heavy atom. The molecule has 1 aromatic rings. The number of aromatic nitrogens is 1. The zero-order chi connectivity index (χ0) is 21.0. The van der Waals surface area contributed by atoms with E-state index in [4.69, 9.17) is 4.74 Å². The lowest BCUT2D eigenvalue weighted by Gasteiger charge is -2.40. The number of fused-ring (bicyclic) bond motifs is 2. The first kappa shape index (κ1) is 21.4. The summed E-state index contributed by atoms with van der Waals surface area (Å²) < 4.78 is 5.63. The number of amides is 1. The highest BCUT2D eigenvalue weighted by molar-refractivity contribution is 5.80. The number of carbonyl (C=O) groups excluding carboxylic acids is 1. The number of nitrogens with zero attached hydrogens (tertiary/aromatic N) is 3. The monoisotopic (exact) mass is 401 g/mol. The highest BCUT2D eigenvalue weighted by Crippen LogP contribution is 2.36. The summed E-state index contributed by atoms with van der Waals surface area (Å²) in [7, 11) is 1.80. The van der Waals surface area contributed by atoms with Crippen LogP contribution in [0.5, 0.6) is 0 Å². The molecule has 0 spiro atoms. The lowest BCUT2D eigenvalue weighted by atomic mass is 9.98. The number of rotatable bonds is 4. The third-order valence-electron chi connectivity index (χ3n) is 5.73. The van der Waals surface area contributed by atoms with Gasteiger partial charge < -0.3 is 20.3 Å². The maximum absolute atomic E-state index is 12.6. The Labute approximate surface area is 174 Å². The Balaban J connectivity index is 1.50. The Bertz CT molecular complexity index is 729. The van der Waals surface area contributed by atoms with Crippen LogP contribution in [0.25, 0.3) is 0 Å². The molecule has 7 nitrogen and oxygen atoms in total. The van der Waals surface area contributed by atoms with Crippen molar-refractivity contribution in [3.8, 4) is 0 Å². The van der Waals surface area contributed by atoms with Gasteiger partial charge in [-0.2, -0.15) is 0 Å². The summed E-state index contributed by atoms with van der Waals surface area (Å²) in [6.07, 6.45) is 8.46. The second kappa shape index (κ2) is 9.01. The predicted molar refractivity (Wildman–Crippen MR) is 115 cm³/mol. The summed E-state index contributed by atoms with van der Waals surface area (Å²) >= 11 is 0. The van der Waals surface area contributed by atoms with E-state index in [1.807, 2.05) is 38.1 Å². The van der Waals surface area contributed by atoms with Crippen molar-refractivity contribution in [3.63, 3.8) is 0 Å². The molecule has 2 fully saturated rings. The summed E-state index contributed by atoms with van der Waals surface area (Å²) in [6, 6.07) is 2.88. The van der Waals surface area contributed by atoms with Crippen LogP contribution in [0.4, 0.5) is 4.79 Å². The molecule has 0 aliphatic carbocycles. The molecule has 2 unspecified atom stereocenters. The number of guanidine groups is 1. The number of aryl methyl sites for hydroxylation is 1. The molecule has 2 aliphatic rings. The van der Waals surface area contributed by atoms with Crippen molar-refractivity contribution in [2.75, 3.05) is 13.6 Å². The molecule has 0 saturated carbocycles. The first-order valence-corrected chi connectivity index (χ1v) is 10.6. The van der Waals surface area contributed by atoms with Gasteiger partial charge in [0, 0.05) is 44.1 Å². The van der Waals surface area contributed by atoms with Gasteiger partial charge in [0.05, 0.1) is 0 Å². The summed E-state index contributed by atoms with van der Waals surface area (Å²) in [5.41, 5.74) is 2.06. The average Bonchev–Trinajstić information content (AvgIpc) is 2.92. The summed E-state index contributed by atoms with van der Waals surface area (Å²) in [5, 5.41) is 6.98. The molecule has 0 aromatic carbocycles. The first-order valence-electron chi connectivity index (χ1n) is 10.6. The van der Waals surface area contributed by atoms with Crippen LogP contribution >= 0.6 is 0 Å². The van der Waals surface area contributed by atoms with Gasteiger partial charge in [-0.25, -0.2) is 4.79 Å². The highest BCUT2D eigenvalue weighted by Gasteiger charge is 2.45. The zero-order valence-corrected chi connectivity index (χ0v) is 18.4. The van der Waals surface area contributed by atoms with Crippen molar-refractivity contribution < 1.29 is 9.53 Å². The Morgan fingerprint density at radius 1 is 1.31 bits per heavy atom. The molecular formula is C22H35N5O2. The number of aliphatic imine (C=N–C) groups is 1. The van der Waals surface area contributed by atoms with Gasteiger partial charge in [-0.05, 0) is 77.0 Å². The molecule has 2 saturated heterocycles. The Kier molecular flexibility index (Phi) is 6.65. The fourth-order valence-corrected chi connectivity index (χ4v) is 4.39. The molecule has 160 valence electrons. The third-order valence-corrected chi connectivity index (χ3v) is 5.73. The van der Waals surface area contributed by atoms with Crippen molar-refractivity contribution in [2.45, 2.75) is 83.5 Å². The van der Waals surface area contributed by atoms with Gasteiger partial charge in [0.1, 0.15) is 5.60 Å². The number of piperidine rings is 1. The van der Waals surface area contributed by atoms with Crippen LogP contribution in [0.2, 0.25) is 0 Å². The van der Waals surface area contributed by atoms with Gasteiger partial charge in [-0.1, -0.05) is 0 Å². The van der Waals surface area contributed by atoms with Crippen LogP contribution in [0.3, 0.4) is 0 Å². The molecule has 7 heteroatoms. The van der Waals surface area contributed by atoms with E-state index in [1.54, 1.807) is 7.05 Å². The summed E-state index contributed by atoms with van der Waals surface area (Å²) in [5.74, 6) is 0.826. The summed E-state index contributed by atoms with van der Waals surface area (Å²) in [4.78, 5) is 23.1. The second-order valence-corrected chi connectivity index (χ2v) is 9.14. The summed E-state index contributed by atoms with van der Waals surface area (Å²) in [6.45, 7) is 8.66. The first-order chi connectivity index (χ1) is 13.8. The molecule has 1 aromatic heterocycles. The Morgan fingerprint density at radius 3 is 2.59 bits per heavy atom. The molecule has 3 rings (SSSR count). The van der Waals surface area contributed by atoms with E-state index in [0.29, 0.717) is 6.04 Å². The van der Waals surface area contributed by atoms with Gasteiger partial charge >= 0.3 is 6.09 Å². The zero-order valence-electron chi connectivity index (χ0n) is 18.4. The normalized spacial score (nSPS) is 24.4. The number of carbonyl (C=O) groups is 1. The lowest BCUT2D eigenvalue weighted by molar-refractivity contribution is 0.00545. The maximum Gasteiger partial charge on any atom is 0.410 e. The second-order valence-electron chi connectivity index (χ2n) is 9.14. The minimum Gasteiger partial charge on any atom is -0.444 e. The predicted octanol–water partition coefficient (Wildman–Crippen LogP) is 3.03. The average molecular weight is 402 g/mol. The molecular weight excluding hydrogens is 366 g/mol. The number of nitrogens with one attached hydrogen (secondary N) is 2. The molecule has 2 atom stereocenters. The number of pyridine rings is 1.